The molecule has 0 aromatic heterocycles. The Morgan fingerprint density at radius 3 is 2.70 bits per heavy atom. The van der Waals surface area contributed by atoms with Gasteiger partial charge in [-0.15, -0.1) is 0 Å². The lowest BCUT2D eigenvalue weighted by Gasteiger charge is -2.30. The van der Waals surface area contributed by atoms with Crippen molar-refractivity contribution in [2.75, 3.05) is 66.8 Å². The largest absolute Gasteiger partial charge is 0.497 e. The molecule has 1 heterocycles. The van der Waals surface area contributed by atoms with Crippen molar-refractivity contribution in [3.05, 3.63) is 23.8 Å². The van der Waals surface area contributed by atoms with Crippen molar-refractivity contribution in [1.82, 2.24) is 15.1 Å². The van der Waals surface area contributed by atoms with E-state index in [0.717, 1.165) is 62.9 Å². The van der Waals surface area contributed by atoms with Gasteiger partial charge in [-0.2, -0.15) is 0 Å². The van der Waals surface area contributed by atoms with Crippen LogP contribution in [0.3, 0.4) is 0 Å². The molecule has 1 N–H and O–H groups in total. The summed E-state index contributed by atoms with van der Waals surface area (Å²) >= 11 is 5.58. The van der Waals surface area contributed by atoms with Gasteiger partial charge in [0, 0.05) is 44.4 Å². The molecule has 0 bridgehead atoms. The number of esters is 1. The fraction of sp³-hybridized carbons (Fsp3) is 0.619. The van der Waals surface area contributed by atoms with Crippen LogP contribution in [0.25, 0.3) is 0 Å². The van der Waals surface area contributed by atoms with Gasteiger partial charge < -0.3 is 29.2 Å². The number of carbonyl (C=O) groups is 1. The highest BCUT2D eigenvalue weighted by Gasteiger charge is 2.16. The second-order valence-electron chi connectivity index (χ2n) is 6.87. The molecular formula is C21H33N3O5S. The van der Waals surface area contributed by atoms with Gasteiger partial charge in [0.2, 0.25) is 0 Å². The fourth-order valence-corrected chi connectivity index (χ4v) is 3.45. The molecule has 2 rings (SSSR count). The highest BCUT2D eigenvalue weighted by atomic mass is 32.1. The summed E-state index contributed by atoms with van der Waals surface area (Å²) in [7, 11) is 3.26. The second kappa shape index (κ2) is 13.3. The van der Waals surface area contributed by atoms with Gasteiger partial charge in [0.25, 0.3) is 0 Å². The van der Waals surface area contributed by atoms with E-state index >= 15 is 0 Å². The Bertz CT molecular complexity index is 683. The Morgan fingerprint density at radius 2 is 2.03 bits per heavy atom. The minimum Gasteiger partial charge on any atom is -0.497 e. The summed E-state index contributed by atoms with van der Waals surface area (Å²) in [5.74, 6) is 1.15. The molecule has 0 atom stereocenters. The number of morpholine rings is 1. The lowest BCUT2D eigenvalue weighted by molar-refractivity contribution is -0.141. The van der Waals surface area contributed by atoms with Gasteiger partial charge in [0.15, 0.2) is 5.11 Å². The first kappa shape index (κ1) is 24.2. The van der Waals surface area contributed by atoms with Crippen molar-refractivity contribution in [2.24, 2.45) is 0 Å². The van der Waals surface area contributed by atoms with Crippen LogP contribution in [0.4, 0.5) is 0 Å². The summed E-state index contributed by atoms with van der Waals surface area (Å²) in [6, 6.07) is 5.73. The first-order valence-corrected chi connectivity index (χ1v) is 10.7. The number of hydrogen-bond acceptors (Lipinski definition) is 7. The molecule has 168 valence electrons. The summed E-state index contributed by atoms with van der Waals surface area (Å²) in [6.07, 6.45) is 0.944. The molecule has 8 nitrogen and oxygen atoms in total. The van der Waals surface area contributed by atoms with Crippen LogP contribution in [0, 0.1) is 0 Å². The van der Waals surface area contributed by atoms with Gasteiger partial charge in [-0.3, -0.25) is 9.69 Å². The van der Waals surface area contributed by atoms with Crippen molar-refractivity contribution in [3.63, 3.8) is 0 Å². The fourth-order valence-electron chi connectivity index (χ4n) is 3.22. The molecule has 1 fully saturated rings. The van der Waals surface area contributed by atoms with Crippen molar-refractivity contribution in [1.29, 1.82) is 0 Å². The predicted octanol–water partition coefficient (Wildman–Crippen LogP) is 1.67. The van der Waals surface area contributed by atoms with E-state index in [1.54, 1.807) is 21.1 Å². The van der Waals surface area contributed by atoms with E-state index in [4.69, 9.17) is 31.2 Å². The molecule has 0 unspecified atom stereocenters. The average molecular weight is 440 g/mol. The van der Waals surface area contributed by atoms with Crippen LogP contribution in [0.15, 0.2) is 18.2 Å². The van der Waals surface area contributed by atoms with E-state index in [-0.39, 0.29) is 12.5 Å². The van der Waals surface area contributed by atoms with E-state index < -0.39 is 0 Å². The number of nitrogens with one attached hydrogen (secondary N) is 1. The summed E-state index contributed by atoms with van der Waals surface area (Å²) in [4.78, 5) is 16.2. The van der Waals surface area contributed by atoms with E-state index in [1.807, 2.05) is 18.2 Å². The Hall–Kier alpha value is -2.10. The van der Waals surface area contributed by atoms with Gasteiger partial charge in [0.05, 0.1) is 34.0 Å². The first-order valence-electron chi connectivity index (χ1n) is 10.3. The number of rotatable bonds is 11. The lowest BCUT2D eigenvalue weighted by atomic mass is 10.1. The van der Waals surface area contributed by atoms with Gasteiger partial charge in [-0.25, -0.2) is 0 Å². The molecule has 30 heavy (non-hydrogen) atoms. The Balaban J connectivity index is 2.01. The van der Waals surface area contributed by atoms with Crippen LogP contribution in [-0.4, -0.2) is 87.6 Å². The van der Waals surface area contributed by atoms with Gasteiger partial charge in [-0.05, 0) is 37.7 Å². The molecule has 0 amide bonds. The number of benzene rings is 1. The summed E-state index contributed by atoms with van der Waals surface area (Å²) in [5.41, 5.74) is 0.991. The van der Waals surface area contributed by atoms with Gasteiger partial charge in [0.1, 0.15) is 18.0 Å². The molecule has 1 aromatic rings. The van der Waals surface area contributed by atoms with Crippen LogP contribution in [0.1, 0.15) is 18.9 Å². The summed E-state index contributed by atoms with van der Waals surface area (Å²) in [6.45, 7) is 7.94. The highest BCUT2D eigenvalue weighted by molar-refractivity contribution is 7.80. The zero-order valence-corrected chi connectivity index (χ0v) is 19.0. The molecule has 0 saturated carbocycles. The van der Waals surface area contributed by atoms with Crippen LogP contribution in [-0.2, 0) is 20.8 Å². The number of nitrogens with zero attached hydrogens (tertiary/aromatic N) is 2. The molecule has 1 saturated heterocycles. The van der Waals surface area contributed by atoms with Crippen molar-refractivity contribution in [2.45, 2.75) is 19.9 Å². The third-order valence-electron chi connectivity index (χ3n) is 4.84. The minimum absolute atomic E-state index is 0.0480. The maximum Gasteiger partial charge on any atom is 0.325 e. The maximum absolute atomic E-state index is 11.7. The molecule has 1 aromatic carbocycles. The monoisotopic (exact) mass is 439 g/mol. The van der Waals surface area contributed by atoms with Crippen LogP contribution < -0.4 is 14.8 Å². The van der Waals surface area contributed by atoms with Crippen LogP contribution >= 0.6 is 12.2 Å². The zero-order valence-electron chi connectivity index (χ0n) is 18.1. The van der Waals surface area contributed by atoms with Crippen LogP contribution in [0.2, 0.25) is 0 Å². The third kappa shape index (κ3) is 7.97. The van der Waals surface area contributed by atoms with E-state index in [2.05, 4.69) is 15.1 Å². The molecular weight excluding hydrogens is 406 g/mol. The smallest absolute Gasteiger partial charge is 0.325 e. The first-order chi connectivity index (χ1) is 14.6. The molecule has 9 heteroatoms. The molecule has 0 spiro atoms. The van der Waals surface area contributed by atoms with Crippen molar-refractivity contribution >= 4 is 23.3 Å². The van der Waals surface area contributed by atoms with E-state index in [9.17, 15) is 4.79 Å². The molecule has 0 aliphatic carbocycles. The molecule has 1 aliphatic rings. The van der Waals surface area contributed by atoms with E-state index in [0.29, 0.717) is 18.3 Å². The Labute approximate surface area is 184 Å². The number of carbonyl (C=O) groups excluding carboxylic acids is 1. The highest BCUT2D eigenvalue weighted by Crippen LogP contribution is 2.26. The van der Waals surface area contributed by atoms with E-state index in [1.165, 1.54) is 0 Å². The van der Waals surface area contributed by atoms with Crippen molar-refractivity contribution < 1.29 is 23.7 Å². The topological polar surface area (TPSA) is 72.5 Å². The van der Waals surface area contributed by atoms with Crippen LogP contribution in [0.5, 0.6) is 11.5 Å². The lowest BCUT2D eigenvalue weighted by Crippen LogP contribution is -2.43. The quantitative estimate of drug-likeness (QED) is 0.409. The minimum atomic E-state index is -0.324. The molecule has 1 aliphatic heterocycles. The van der Waals surface area contributed by atoms with Gasteiger partial charge >= 0.3 is 5.97 Å². The third-order valence-corrected chi connectivity index (χ3v) is 5.24. The Morgan fingerprint density at radius 1 is 1.27 bits per heavy atom. The van der Waals surface area contributed by atoms with Gasteiger partial charge in [-0.1, -0.05) is 0 Å². The maximum atomic E-state index is 11.7. The summed E-state index contributed by atoms with van der Waals surface area (Å²) < 4.78 is 21.2. The van der Waals surface area contributed by atoms with Crippen molar-refractivity contribution in [3.8, 4) is 11.5 Å². The molecule has 0 radical (unpaired) electrons. The number of thiocarbonyl (C=S) groups is 1. The number of hydrogen-bond donors (Lipinski definition) is 1. The average Bonchev–Trinajstić information content (AvgIpc) is 2.77. The SMILES string of the molecule is CCOC(=O)CNC(=S)N(CCCN1CCOCC1)Cc1ccc(OC)cc1OC. The Kier molecular flexibility index (Phi) is 10.7. The standard InChI is InChI=1S/C21H33N3O5S/c1-4-29-20(25)15-22-21(30)24(9-5-8-23-10-12-28-13-11-23)16-17-6-7-18(26-2)14-19(17)27-3/h6-7,14H,4-5,8-13,15-16H2,1-3H3,(H,22,30). The number of methoxy groups -OCH3 is 2. The normalized spacial score (nSPS) is 14.1. The predicted molar refractivity (Wildman–Crippen MR) is 119 cm³/mol. The number of ether oxygens (including phenoxy) is 4. The zero-order chi connectivity index (χ0) is 21.8. The second-order valence-corrected chi connectivity index (χ2v) is 7.26. The summed E-state index contributed by atoms with van der Waals surface area (Å²) in [5, 5.41) is 3.54.